The normalized spacial score (nSPS) is 11.2. The molecule has 0 aliphatic rings. The molecule has 0 N–H and O–H groups in total. The molecule has 0 bridgehead atoms. The molecular weight excluding hydrogens is 294 g/mol. The van der Waals surface area contributed by atoms with E-state index < -0.39 is 17.3 Å². The van der Waals surface area contributed by atoms with Crippen LogP contribution in [0.5, 0.6) is 0 Å². The molecule has 80 valence electrons. The Morgan fingerprint density at radius 3 is 2.40 bits per heavy atom. The van der Waals surface area contributed by atoms with E-state index in [4.69, 9.17) is 16.9 Å². The number of alkyl halides is 4. The van der Waals surface area contributed by atoms with E-state index in [0.29, 0.717) is 0 Å². The van der Waals surface area contributed by atoms with Crippen molar-refractivity contribution in [2.75, 3.05) is 0 Å². The summed E-state index contributed by atoms with van der Waals surface area (Å²) in [5, 5.41) is 8.54. The monoisotopic (exact) mass is 297 g/mol. The minimum absolute atomic E-state index is 0.00167. The van der Waals surface area contributed by atoms with Gasteiger partial charge in [-0.25, -0.2) is 0 Å². The van der Waals surface area contributed by atoms with E-state index >= 15 is 0 Å². The number of nitriles is 1. The van der Waals surface area contributed by atoms with Gasteiger partial charge < -0.3 is 0 Å². The second kappa shape index (κ2) is 4.42. The maximum atomic E-state index is 12.6. The van der Waals surface area contributed by atoms with Gasteiger partial charge in [-0.05, 0) is 17.7 Å². The Labute approximate surface area is 97.6 Å². The smallest absolute Gasteiger partial charge is 0.192 e. The molecule has 1 aromatic rings. The summed E-state index contributed by atoms with van der Waals surface area (Å²) in [4.78, 5) is 0. The molecule has 0 unspecified atom stereocenters. The van der Waals surface area contributed by atoms with Crippen molar-refractivity contribution in [1.82, 2.24) is 0 Å². The Hall–Kier alpha value is -0.730. The Morgan fingerprint density at radius 2 is 2.00 bits per heavy atom. The Kier molecular flexibility index (Phi) is 3.63. The Balaban J connectivity index is 3.57. The topological polar surface area (TPSA) is 23.8 Å². The average molecular weight is 298 g/mol. The molecule has 0 fully saturated rings. The van der Waals surface area contributed by atoms with E-state index in [9.17, 15) is 13.2 Å². The molecule has 0 saturated carbocycles. The van der Waals surface area contributed by atoms with Crippen molar-refractivity contribution in [2.45, 2.75) is 11.5 Å². The zero-order valence-electron chi connectivity index (χ0n) is 7.20. The largest absolute Gasteiger partial charge is 0.418 e. The zero-order chi connectivity index (χ0) is 11.6. The van der Waals surface area contributed by atoms with Crippen molar-refractivity contribution in [3.63, 3.8) is 0 Å². The minimum Gasteiger partial charge on any atom is -0.192 e. The summed E-state index contributed by atoms with van der Waals surface area (Å²) in [6.45, 7) is 0. The average Bonchev–Trinajstić information content (AvgIpc) is 2.15. The van der Waals surface area contributed by atoms with E-state index in [-0.39, 0.29) is 15.9 Å². The van der Waals surface area contributed by atoms with Gasteiger partial charge in [0.15, 0.2) is 0 Å². The van der Waals surface area contributed by atoms with Gasteiger partial charge in [-0.15, -0.1) is 0 Å². The molecule has 0 radical (unpaired) electrons. The number of hydrogen-bond acceptors (Lipinski definition) is 1. The van der Waals surface area contributed by atoms with Gasteiger partial charge in [0.1, 0.15) is 0 Å². The first kappa shape index (κ1) is 12.3. The minimum atomic E-state index is -4.57. The predicted molar refractivity (Wildman–Crippen MR) is 53.8 cm³/mol. The maximum absolute atomic E-state index is 12.6. The van der Waals surface area contributed by atoms with Crippen molar-refractivity contribution in [1.29, 1.82) is 5.26 Å². The molecule has 0 aliphatic heterocycles. The van der Waals surface area contributed by atoms with Crippen molar-refractivity contribution in [3.05, 3.63) is 33.8 Å². The van der Waals surface area contributed by atoms with E-state index in [1.165, 1.54) is 12.1 Å². The highest BCUT2D eigenvalue weighted by Gasteiger charge is 2.36. The first-order chi connectivity index (χ1) is 6.91. The Bertz CT molecular complexity index is 423. The second-order valence-electron chi connectivity index (χ2n) is 2.69. The molecule has 0 saturated heterocycles. The van der Waals surface area contributed by atoms with Crippen LogP contribution in [0.15, 0.2) is 12.1 Å². The van der Waals surface area contributed by atoms with Crippen molar-refractivity contribution in [3.8, 4) is 6.07 Å². The molecule has 0 atom stereocenters. The third-order valence-corrected chi connectivity index (χ3v) is 2.71. The van der Waals surface area contributed by atoms with Crippen LogP contribution in [0, 0.1) is 11.3 Å². The standard InChI is InChI=1S/C9H4BrClF3N/c10-3-6-7(11)2-1-5(4-15)8(6)9(12,13)14/h1-2H,3H2. The number of benzene rings is 1. The zero-order valence-corrected chi connectivity index (χ0v) is 9.54. The van der Waals surface area contributed by atoms with Gasteiger partial charge in [-0.2, -0.15) is 18.4 Å². The summed E-state index contributed by atoms with van der Waals surface area (Å²) in [7, 11) is 0. The maximum Gasteiger partial charge on any atom is 0.418 e. The van der Waals surface area contributed by atoms with Crippen molar-refractivity contribution in [2.24, 2.45) is 0 Å². The first-order valence-electron chi connectivity index (χ1n) is 3.76. The molecule has 6 heteroatoms. The number of halogens is 5. The van der Waals surface area contributed by atoms with Gasteiger partial charge in [0.2, 0.25) is 0 Å². The molecule has 1 nitrogen and oxygen atoms in total. The number of nitrogens with zero attached hydrogens (tertiary/aromatic N) is 1. The van der Waals surface area contributed by atoms with E-state index in [2.05, 4.69) is 15.9 Å². The van der Waals surface area contributed by atoms with Gasteiger partial charge in [0, 0.05) is 10.4 Å². The quantitative estimate of drug-likeness (QED) is 0.715. The second-order valence-corrected chi connectivity index (χ2v) is 3.66. The third-order valence-electron chi connectivity index (χ3n) is 1.79. The summed E-state index contributed by atoms with van der Waals surface area (Å²) in [5.74, 6) is 0. The molecule has 0 heterocycles. The molecule has 0 spiro atoms. The van der Waals surface area contributed by atoms with Gasteiger partial charge >= 0.3 is 6.18 Å². The highest BCUT2D eigenvalue weighted by atomic mass is 79.9. The number of rotatable bonds is 1. The lowest BCUT2D eigenvalue weighted by molar-refractivity contribution is -0.138. The first-order valence-corrected chi connectivity index (χ1v) is 5.26. The third kappa shape index (κ3) is 2.44. The van der Waals surface area contributed by atoms with Gasteiger partial charge in [-0.1, -0.05) is 27.5 Å². The van der Waals surface area contributed by atoms with E-state index in [1.54, 1.807) is 0 Å². The molecule has 1 rings (SSSR count). The van der Waals surface area contributed by atoms with Crippen molar-refractivity contribution >= 4 is 27.5 Å². The molecule has 0 amide bonds. The van der Waals surface area contributed by atoms with Gasteiger partial charge in [0.25, 0.3) is 0 Å². The summed E-state index contributed by atoms with van der Waals surface area (Å²) in [5.41, 5.74) is -1.49. The van der Waals surface area contributed by atoms with Crippen LogP contribution in [-0.4, -0.2) is 0 Å². The van der Waals surface area contributed by atoms with Crippen LogP contribution in [0.2, 0.25) is 5.02 Å². The molecule has 0 aromatic heterocycles. The van der Waals surface area contributed by atoms with Crippen LogP contribution in [0.3, 0.4) is 0 Å². The molecule has 0 aliphatic carbocycles. The SMILES string of the molecule is N#Cc1ccc(Cl)c(CBr)c1C(F)(F)F. The lowest BCUT2D eigenvalue weighted by atomic mass is 10.0. The lowest BCUT2D eigenvalue weighted by Crippen LogP contribution is -2.11. The Morgan fingerprint density at radius 1 is 1.40 bits per heavy atom. The van der Waals surface area contributed by atoms with Crippen LogP contribution in [-0.2, 0) is 11.5 Å². The van der Waals surface area contributed by atoms with E-state index in [1.807, 2.05) is 0 Å². The van der Waals surface area contributed by atoms with Crippen LogP contribution in [0.1, 0.15) is 16.7 Å². The van der Waals surface area contributed by atoms with Gasteiger partial charge in [0.05, 0.1) is 17.2 Å². The fourth-order valence-corrected chi connectivity index (χ4v) is 2.14. The predicted octanol–water partition coefficient (Wildman–Crippen LogP) is 4.13. The van der Waals surface area contributed by atoms with Crippen LogP contribution in [0.4, 0.5) is 13.2 Å². The fourth-order valence-electron chi connectivity index (χ4n) is 1.17. The van der Waals surface area contributed by atoms with E-state index in [0.717, 1.165) is 6.07 Å². The molecule has 15 heavy (non-hydrogen) atoms. The van der Waals surface area contributed by atoms with Crippen LogP contribution < -0.4 is 0 Å². The lowest BCUT2D eigenvalue weighted by Gasteiger charge is -2.13. The highest BCUT2D eigenvalue weighted by Crippen LogP contribution is 2.38. The summed E-state index contributed by atoms with van der Waals surface area (Å²) in [6.07, 6.45) is -4.57. The molecule has 1 aromatic carbocycles. The van der Waals surface area contributed by atoms with Crippen molar-refractivity contribution < 1.29 is 13.2 Å². The highest BCUT2D eigenvalue weighted by molar-refractivity contribution is 9.08. The van der Waals surface area contributed by atoms with Crippen LogP contribution in [0.25, 0.3) is 0 Å². The fraction of sp³-hybridized carbons (Fsp3) is 0.222. The molecular formula is C9H4BrClF3N. The number of hydrogen-bond donors (Lipinski definition) is 0. The van der Waals surface area contributed by atoms with Crippen LogP contribution >= 0.6 is 27.5 Å². The van der Waals surface area contributed by atoms with Gasteiger partial charge in [-0.3, -0.25) is 0 Å². The summed E-state index contributed by atoms with van der Waals surface area (Å²) >= 11 is 8.55. The summed E-state index contributed by atoms with van der Waals surface area (Å²) in [6, 6.07) is 3.86. The summed E-state index contributed by atoms with van der Waals surface area (Å²) < 4.78 is 37.9.